The number of hydrogen-bond donors (Lipinski definition) is 3. The van der Waals surface area contributed by atoms with Gasteiger partial charge in [0.2, 0.25) is 0 Å². The minimum absolute atomic E-state index is 0.262. The van der Waals surface area contributed by atoms with Gasteiger partial charge in [-0.15, -0.1) is 0 Å². The lowest BCUT2D eigenvalue weighted by Crippen LogP contribution is -2.44. The average Bonchev–Trinajstić information content (AvgIpc) is 3.02. The highest BCUT2D eigenvalue weighted by Crippen LogP contribution is 2.27. The van der Waals surface area contributed by atoms with Crippen molar-refractivity contribution in [2.45, 2.75) is 44.6 Å². The van der Waals surface area contributed by atoms with Crippen LogP contribution in [0, 0.1) is 6.92 Å². The third-order valence-corrected chi connectivity index (χ3v) is 4.81. The van der Waals surface area contributed by atoms with Crippen molar-refractivity contribution in [1.29, 1.82) is 0 Å². The average molecular weight is 343 g/mol. The van der Waals surface area contributed by atoms with Crippen LogP contribution in [0.25, 0.3) is 11.4 Å². The second-order valence-corrected chi connectivity index (χ2v) is 6.76. The molecule has 1 amide bonds. The van der Waals surface area contributed by atoms with E-state index in [0.717, 1.165) is 43.4 Å². The molecule has 1 aliphatic carbocycles. The van der Waals surface area contributed by atoms with E-state index in [1.54, 1.807) is 7.11 Å². The molecule has 1 aromatic heterocycles. The second kappa shape index (κ2) is 7.27. The first-order chi connectivity index (χ1) is 12.0. The van der Waals surface area contributed by atoms with Gasteiger partial charge in [-0.2, -0.15) is 0 Å². The van der Waals surface area contributed by atoms with E-state index in [4.69, 9.17) is 4.74 Å². The van der Waals surface area contributed by atoms with Crippen LogP contribution in [0.15, 0.2) is 24.3 Å². The number of H-pyrrole nitrogens is 1. The zero-order chi connectivity index (χ0) is 17.9. The van der Waals surface area contributed by atoms with Gasteiger partial charge in [0.25, 0.3) is 5.91 Å². The summed E-state index contributed by atoms with van der Waals surface area (Å²) in [6, 6.07) is 7.51. The van der Waals surface area contributed by atoms with Crippen molar-refractivity contribution in [2.24, 2.45) is 0 Å². The molecule has 0 unspecified atom stereocenters. The molecule has 0 saturated heterocycles. The predicted octanol–water partition coefficient (Wildman–Crippen LogP) is 2.82. The SMILES string of the molecule is COc1cccc(-c2nc(C(=O)NCC3(O)CCCCC3)c(C)[nH]2)c1. The Balaban J connectivity index is 1.72. The minimum atomic E-state index is -0.784. The predicted molar refractivity (Wildman–Crippen MR) is 95.7 cm³/mol. The number of aliphatic hydroxyl groups is 1. The molecule has 6 heteroatoms. The number of aryl methyl sites for hydroxylation is 1. The van der Waals surface area contributed by atoms with Crippen LogP contribution in [0.3, 0.4) is 0 Å². The van der Waals surface area contributed by atoms with Crippen molar-refractivity contribution in [3.05, 3.63) is 35.7 Å². The second-order valence-electron chi connectivity index (χ2n) is 6.76. The van der Waals surface area contributed by atoms with Crippen molar-refractivity contribution < 1.29 is 14.6 Å². The number of carbonyl (C=O) groups excluding carboxylic acids is 1. The molecular weight excluding hydrogens is 318 g/mol. The molecule has 3 N–H and O–H groups in total. The standard InChI is InChI=1S/C19H25N3O3/c1-13-16(18(23)20-12-19(24)9-4-3-5-10-19)22-17(21-13)14-7-6-8-15(11-14)25-2/h6-8,11,24H,3-5,9-10,12H2,1-2H3,(H,20,23)(H,21,22). The number of ether oxygens (including phenoxy) is 1. The summed E-state index contributed by atoms with van der Waals surface area (Å²) in [7, 11) is 1.61. The van der Waals surface area contributed by atoms with Crippen molar-refractivity contribution in [2.75, 3.05) is 13.7 Å². The van der Waals surface area contributed by atoms with Gasteiger partial charge in [0.1, 0.15) is 17.3 Å². The zero-order valence-corrected chi connectivity index (χ0v) is 14.8. The highest BCUT2D eigenvalue weighted by Gasteiger charge is 2.30. The summed E-state index contributed by atoms with van der Waals surface area (Å²) in [5.74, 6) is 1.09. The molecule has 3 rings (SSSR count). The Hall–Kier alpha value is -2.34. The highest BCUT2D eigenvalue weighted by atomic mass is 16.5. The van der Waals surface area contributed by atoms with Gasteiger partial charge in [0.05, 0.1) is 12.7 Å². The maximum atomic E-state index is 12.5. The molecule has 0 spiro atoms. The monoisotopic (exact) mass is 343 g/mol. The summed E-state index contributed by atoms with van der Waals surface area (Å²) >= 11 is 0. The molecule has 0 radical (unpaired) electrons. The number of aromatic nitrogens is 2. The van der Waals surface area contributed by atoms with E-state index in [9.17, 15) is 9.90 Å². The summed E-state index contributed by atoms with van der Waals surface area (Å²) in [4.78, 5) is 20.1. The van der Waals surface area contributed by atoms with Crippen molar-refractivity contribution in [3.8, 4) is 17.1 Å². The number of imidazole rings is 1. The summed E-state index contributed by atoms with van der Waals surface area (Å²) in [5, 5.41) is 13.4. The summed E-state index contributed by atoms with van der Waals surface area (Å²) in [6.45, 7) is 2.09. The molecule has 1 fully saturated rings. The summed E-state index contributed by atoms with van der Waals surface area (Å²) in [5.41, 5.74) is 1.13. The summed E-state index contributed by atoms with van der Waals surface area (Å²) < 4.78 is 5.23. The van der Waals surface area contributed by atoms with E-state index < -0.39 is 5.60 Å². The van der Waals surface area contributed by atoms with Gasteiger partial charge in [0.15, 0.2) is 0 Å². The Morgan fingerprint density at radius 3 is 2.84 bits per heavy atom. The van der Waals surface area contributed by atoms with Crippen LogP contribution < -0.4 is 10.1 Å². The van der Waals surface area contributed by atoms with Crippen LogP contribution in [-0.2, 0) is 0 Å². The molecule has 0 aliphatic heterocycles. The molecule has 1 aromatic carbocycles. The summed E-state index contributed by atoms with van der Waals surface area (Å²) in [6.07, 6.45) is 4.64. The molecule has 6 nitrogen and oxygen atoms in total. The number of rotatable bonds is 5. The van der Waals surface area contributed by atoms with E-state index in [1.807, 2.05) is 31.2 Å². The van der Waals surface area contributed by atoms with E-state index in [0.29, 0.717) is 17.2 Å². The van der Waals surface area contributed by atoms with Gasteiger partial charge in [-0.05, 0) is 31.9 Å². The van der Waals surface area contributed by atoms with E-state index in [1.165, 1.54) is 0 Å². The van der Waals surface area contributed by atoms with Gasteiger partial charge < -0.3 is 20.1 Å². The minimum Gasteiger partial charge on any atom is -0.497 e. The number of methoxy groups -OCH3 is 1. The molecule has 2 aromatic rings. The van der Waals surface area contributed by atoms with E-state index in [2.05, 4.69) is 15.3 Å². The van der Waals surface area contributed by atoms with Crippen LogP contribution in [0.4, 0.5) is 0 Å². The number of carbonyl (C=O) groups is 1. The fourth-order valence-corrected chi connectivity index (χ4v) is 3.30. The molecule has 1 aliphatic rings. The first-order valence-electron chi connectivity index (χ1n) is 8.72. The van der Waals surface area contributed by atoms with Gasteiger partial charge >= 0.3 is 0 Å². The third-order valence-electron chi connectivity index (χ3n) is 4.81. The molecular formula is C19H25N3O3. The van der Waals surface area contributed by atoms with Crippen LogP contribution in [0.5, 0.6) is 5.75 Å². The maximum absolute atomic E-state index is 12.5. The Labute approximate surface area is 147 Å². The Morgan fingerprint density at radius 1 is 1.36 bits per heavy atom. The number of hydrogen-bond acceptors (Lipinski definition) is 4. The molecule has 134 valence electrons. The topological polar surface area (TPSA) is 87.2 Å². The Morgan fingerprint density at radius 2 is 2.12 bits per heavy atom. The van der Waals surface area contributed by atoms with Crippen LogP contribution in [0.2, 0.25) is 0 Å². The largest absolute Gasteiger partial charge is 0.497 e. The quantitative estimate of drug-likeness (QED) is 0.779. The fraction of sp³-hybridized carbons (Fsp3) is 0.474. The number of aromatic amines is 1. The number of nitrogens with zero attached hydrogens (tertiary/aromatic N) is 1. The lowest BCUT2D eigenvalue weighted by molar-refractivity contribution is 0.00521. The maximum Gasteiger partial charge on any atom is 0.271 e. The fourth-order valence-electron chi connectivity index (χ4n) is 3.30. The first-order valence-corrected chi connectivity index (χ1v) is 8.72. The Kier molecular flexibility index (Phi) is 5.08. The van der Waals surface area contributed by atoms with Crippen molar-refractivity contribution >= 4 is 5.91 Å². The number of amides is 1. The molecule has 0 bridgehead atoms. The van der Waals surface area contributed by atoms with Crippen molar-refractivity contribution in [3.63, 3.8) is 0 Å². The van der Waals surface area contributed by atoms with Gasteiger partial charge in [-0.25, -0.2) is 4.98 Å². The lowest BCUT2D eigenvalue weighted by Gasteiger charge is -2.32. The highest BCUT2D eigenvalue weighted by molar-refractivity contribution is 5.94. The van der Waals surface area contributed by atoms with Gasteiger partial charge in [-0.1, -0.05) is 31.4 Å². The van der Waals surface area contributed by atoms with Crippen LogP contribution in [0.1, 0.15) is 48.3 Å². The molecule has 25 heavy (non-hydrogen) atoms. The lowest BCUT2D eigenvalue weighted by atomic mass is 9.85. The smallest absolute Gasteiger partial charge is 0.271 e. The van der Waals surface area contributed by atoms with Crippen LogP contribution in [-0.4, -0.2) is 40.2 Å². The van der Waals surface area contributed by atoms with Gasteiger partial charge in [0, 0.05) is 17.8 Å². The van der Waals surface area contributed by atoms with Gasteiger partial charge in [-0.3, -0.25) is 4.79 Å². The Bertz CT molecular complexity index is 748. The number of nitrogens with one attached hydrogen (secondary N) is 2. The van der Waals surface area contributed by atoms with E-state index >= 15 is 0 Å². The number of benzene rings is 1. The van der Waals surface area contributed by atoms with Crippen LogP contribution >= 0.6 is 0 Å². The first kappa shape index (κ1) is 17.5. The molecule has 0 atom stereocenters. The molecule has 1 heterocycles. The normalized spacial score (nSPS) is 16.4. The zero-order valence-electron chi connectivity index (χ0n) is 14.8. The van der Waals surface area contributed by atoms with E-state index in [-0.39, 0.29) is 12.5 Å². The van der Waals surface area contributed by atoms with Crippen molar-refractivity contribution in [1.82, 2.24) is 15.3 Å². The third kappa shape index (κ3) is 4.02. The molecule has 1 saturated carbocycles.